The van der Waals surface area contributed by atoms with Gasteiger partial charge >= 0.3 is 0 Å². The lowest BCUT2D eigenvalue weighted by Crippen LogP contribution is -2.23. The van der Waals surface area contributed by atoms with E-state index in [0.29, 0.717) is 0 Å². The Hall–Kier alpha value is -1.51. The van der Waals surface area contributed by atoms with Crippen molar-refractivity contribution in [3.05, 3.63) is 82.3 Å². The third kappa shape index (κ3) is 2.45. The molecule has 0 unspecified atom stereocenters. The molecule has 0 fully saturated rings. The van der Waals surface area contributed by atoms with Crippen LogP contribution in [0, 0.1) is 0 Å². The Labute approximate surface area is 150 Å². The molecule has 0 aromatic heterocycles. The molecular weight excluding hydrogens is 364 g/mol. The zero-order valence-corrected chi connectivity index (χ0v) is 15.5. The molecule has 0 amide bonds. The van der Waals surface area contributed by atoms with Crippen molar-refractivity contribution in [1.82, 2.24) is 0 Å². The first-order valence-electron chi connectivity index (χ1n) is 7.74. The van der Waals surface area contributed by atoms with Crippen molar-refractivity contribution in [3.8, 4) is 11.1 Å². The minimum absolute atomic E-state index is 0.0453. The molecule has 2 heteroatoms. The van der Waals surface area contributed by atoms with E-state index in [4.69, 9.17) is 0 Å². The summed E-state index contributed by atoms with van der Waals surface area (Å²) >= 11 is 5.55. The van der Waals surface area contributed by atoms with Crippen molar-refractivity contribution in [2.24, 2.45) is 0 Å². The van der Waals surface area contributed by atoms with Crippen LogP contribution in [-0.4, -0.2) is 0 Å². The van der Waals surface area contributed by atoms with E-state index in [2.05, 4.69) is 96.5 Å². The molecule has 0 saturated heterocycles. The van der Waals surface area contributed by atoms with Gasteiger partial charge in [0.25, 0.3) is 0 Å². The Balaban J connectivity index is 1.88. The van der Waals surface area contributed by atoms with Gasteiger partial charge in [-0.05, 0) is 40.5 Å². The minimum Gasteiger partial charge on any atom is -0.0894 e. The molecule has 0 spiro atoms. The molecule has 4 rings (SSSR count). The summed E-state index contributed by atoms with van der Waals surface area (Å²) in [6.45, 7) is 4.64. The largest absolute Gasteiger partial charge is 0.0894 e. The van der Waals surface area contributed by atoms with Crippen LogP contribution in [0.15, 0.2) is 81.0 Å². The Morgan fingerprint density at radius 2 is 1.48 bits per heavy atom. The second kappa shape index (κ2) is 5.54. The quantitative estimate of drug-likeness (QED) is 0.441. The van der Waals surface area contributed by atoms with E-state index in [-0.39, 0.29) is 5.41 Å². The number of hydrogen-bond donors (Lipinski definition) is 0. The third-order valence-corrected chi connectivity index (χ3v) is 6.45. The van der Waals surface area contributed by atoms with Crippen LogP contribution in [0.4, 0.5) is 0 Å². The van der Waals surface area contributed by atoms with E-state index in [9.17, 15) is 0 Å². The molecule has 0 aliphatic carbocycles. The predicted octanol–water partition coefficient (Wildman–Crippen LogP) is 6.91. The molecule has 1 heterocycles. The maximum atomic E-state index is 3.67. The van der Waals surface area contributed by atoms with Crippen LogP contribution in [0.5, 0.6) is 0 Å². The first-order valence-corrected chi connectivity index (χ1v) is 9.35. The molecule has 3 aromatic rings. The average molecular weight is 381 g/mol. The molecule has 0 atom stereocenters. The summed E-state index contributed by atoms with van der Waals surface area (Å²) in [5, 5.41) is 0. The fourth-order valence-electron chi connectivity index (χ4n) is 3.32. The first-order chi connectivity index (χ1) is 11.1. The van der Waals surface area contributed by atoms with Crippen molar-refractivity contribution in [2.75, 3.05) is 0 Å². The summed E-state index contributed by atoms with van der Waals surface area (Å²) in [5.74, 6) is 0. The van der Waals surface area contributed by atoms with Gasteiger partial charge in [-0.3, -0.25) is 0 Å². The monoisotopic (exact) mass is 380 g/mol. The van der Waals surface area contributed by atoms with E-state index in [1.54, 1.807) is 0 Å². The maximum absolute atomic E-state index is 3.67. The Kier molecular flexibility index (Phi) is 3.62. The lowest BCUT2D eigenvalue weighted by molar-refractivity contribution is 0.607. The highest BCUT2D eigenvalue weighted by Crippen LogP contribution is 2.49. The van der Waals surface area contributed by atoms with Crippen LogP contribution in [-0.2, 0) is 5.41 Å². The number of halogens is 1. The molecule has 0 bridgehead atoms. The van der Waals surface area contributed by atoms with E-state index in [1.807, 2.05) is 11.8 Å². The highest BCUT2D eigenvalue weighted by Gasteiger charge is 2.32. The number of fused-ring (bicyclic) bond motifs is 2. The number of rotatable bonds is 1. The summed E-state index contributed by atoms with van der Waals surface area (Å²) in [4.78, 5) is 2.73. The van der Waals surface area contributed by atoms with E-state index < -0.39 is 0 Å². The Bertz CT molecular complexity index is 896. The predicted molar refractivity (Wildman–Crippen MR) is 102 cm³/mol. The molecule has 0 nitrogen and oxygen atoms in total. The van der Waals surface area contributed by atoms with E-state index >= 15 is 0 Å². The molecular formula is C21H17BrS. The van der Waals surface area contributed by atoms with Crippen molar-refractivity contribution in [1.29, 1.82) is 0 Å². The standard InChI is InChI=1S/C21H17BrS/c1-21(2)16-8-4-6-10-19(16)23-20-13-14(11-12-17(20)21)15-7-3-5-9-18(15)22/h3-13H,1-2H3. The molecule has 0 radical (unpaired) electrons. The smallest absolute Gasteiger partial charge is 0.0253 e. The fraction of sp³-hybridized carbons (Fsp3) is 0.143. The van der Waals surface area contributed by atoms with Crippen molar-refractivity contribution in [2.45, 2.75) is 29.1 Å². The van der Waals surface area contributed by atoms with Gasteiger partial charge in [-0.15, -0.1) is 0 Å². The van der Waals surface area contributed by atoms with Crippen molar-refractivity contribution < 1.29 is 0 Å². The maximum Gasteiger partial charge on any atom is 0.0253 e. The van der Waals surface area contributed by atoms with Crippen LogP contribution in [0.25, 0.3) is 11.1 Å². The molecule has 1 aliphatic rings. The van der Waals surface area contributed by atoms with Gasteiger partial charge in [0, 0.05) is 19.7 Å². The molecule has 3 aromatic carbocycles. The molecule has 23 heavy (non-hydrogen) atoms. The van der Waals surface area contributed by atoms with Crippen molar-refractivity contribution >= 4 is 27.7 Å². The van der Waals surface area contributed by atoms with Gasteiger partial charge < -0.3 is 0 Å². The molecule has 1 aliphatic heterocycles. The Morgan fingerprint density at radius 3 is 2.30 bits per heavy atom. The normalized spacial score (nSPS) is 14.9. The van der Waals surface area contributed by atoms with Crippen LogP contribution in [0.2, 0.25) is 0 Å². The topological polar surface area (TPSA) is 0 Å². The SMILES string of the molecule is CC1(C)c2ccccc2Sc2cc(-c3ccccc3Br)ccc21. The lowest BCUT2D eigenvalue weighted by atomic mass is 9.77. The average Bonchev–Trinajstić information content (AvgIpc) is 2.55. The van der Waals surface area contributed by atoms with Crippen LogP contribution >= 0.6 is 27.7 Å². The summed E-state index contributed by atoms with van der Waals surface area (Å²) in [6, 6.07) is 24.0. The lowest BCUT2D eigenvalue weighted by Gasteiger charge is -2.34. The summed E-state index contributed by atoms with van der Waals surface area (Å²) in [6.07, 6.45) is 0. The highest BCUT2D eigenvalue weighted by atomic mass is 79.9. The van der Waals surface area contributed by atoms with Gasteiger partial charge in [0.15, 0.2) is 0 Å². The van der Waals surface area contributed by atoms with Gasteiger partial charge in [0.05, 0.1) is 0 Å². The second-order valence-corrected chi connectivity index (χ2v) is 8.35. The second-order valence-electron chi connectivity index (χ2n) is 6.41. The molecule has 114 valence electrons. The third-order valence-electron chi connectivity index (χ3n) is 4.62. The Morgan fingerprint density at radius 1 is 0.783 bits per heavy atom. The van der Waals surface area contributed by atoms with Crippen molar-refractivity contribution in [3.63, 3.8) is 0 Å². The zero-order chi connectivity index (χ0) is 16.0. The highest BCUT2D eigenvalue weighted by molar-refractivity contribution is 9.10. The number of benzene rings is 3. The van der Waals surface area contributed by atoms with Crippen LogP contribution in [0.1, 0.15) is 25.0 Å². The van der Waals surface area contributed by atoms with Gasteiger partial charge in [-0.25, -0.2) is 0 Å². The number of hydrogen-bond acceptors (Lipinski definition) is 1. The summed E-state index contributed by atoms with van der Waals surface area (Å²) in [7, 11) is 0. The minimum atomic E-state index is 0.0453. The first kappa shape index (κ1) is 15.0. The molecule has 0 saturated carbocycles. The van der Waals surface area contributed by atoms with Gasteiger partial charge in [-0.2, -0.15) is 0 Å². The van der Waals surface area contributed by atoms with Crippen LogP contribution in [0.3, 0.4) is 0 Å². The molecule has 0 N–H and O–H groups in total. The summed E-state index contributed by atoms with van der Waals surface area (Å²) < 4.78 is 1.14. The van der Waals surface area contributed by atoms with E-state index in [1.165, 1.54) is 32.0 Å². The van der Waals surface area contributed by atoms with Gasteiger partial charge in [0.1, 0.15) is 0 Å². The zero-order valence-electron chi connectivity index (χ0n) is 13.1. The summed E-state index contributed by atoms with van der Waals surface area (Å²) in [5.41, 5.74) is 5.39. The van der Waals surface area contributed by atoms with Gasteiger partial charge in [0.2, 0.25) is 0 Å². The van der Waals surface area contributed by atoms with Gasteiger partial charge in [-0.1, -0.05) is 90.1 Å². The van der Waals surface area contributed by atoms with Crippen LogP contribution < -0.4 is 0 Å². The van der Waals surface area contributed by atoms with E-state index in [0.717, 1.165) is 4.47 Å². The fourth-order valence-corrected chi connectivity index (χ4v) is 5.27.